The summed E-state index contributed by atoms with van der Waals surface area (Å²) in [5, 5.41) is 3.43. The molecule has 0 spiro atoms. The molecule has 3 aromatic rings. The van der Waals surface area contributed by atoms with E-state index in [1.165, 1.54) is 6.07 Å². The lowest BCUT2D eigenvalue weighted by molar-refractivity contribution is -0.117. The maximum absolute atomic E-state index is 12.9. The minimum atomic E-state index is -2.58. The minimum Gasteiger partial charge on any atom is -0.338 e. The van der Waals surface area contributed by atoms with Crippen molar-refractivity contribution in [3.8, 4) is 11.1 Å². The Kier molecular flexibility index (Phi) is 5.51. The maximum atomic E-state index is 12.9. The van der Waals surface area contributed by atoms with Crippen molar-refractivity contribution in [2.75, 3.05) is 5.32 Å². The monoisotopic (exact) mass is 372 g/mol. The number of carbonyl (C=O) groups is 1. The first kappa shape index (κ1) is 19.0. The quantitative estimate of drug-likeness (QED) is 0.596. The van der Waals surface area contributed by atoms with Crippen LogP contribution in [0.15, 0.2) is 42.6 Å². The van der Waals surface area contributed by atoms with E-state index in [1.807, 2.05) is 26.0 Å². The molecule has 0 aliphatic heterocycles. The van der Waals surface area contributed by atoms with E-state index in [1.54, 1.807) is 24.4 Å². The van der Waals surface area contributed by atoms with Gasteiger partial charge < -0.3 is 16.0 Å². The number of aromatic amines is 1. The highest BCUT2D eigenvalue weighted by molar-refractivity contribution is 5.96. The Hall–Kier alpha value is -2.80. The van der Waals surface area contributed by atoms with E-state index in [9.17, 15) is 13.6 Å². The lowest BCUT2D eigenvalue weighted by Gasteiger charge is -2.14. The van der Waals surface area contributed by atoms with Crippen molar-refractivity contribution in [3.63, 3.8) is 0 Å². The first-order valence-electron chi connectivity index (χ1n) is 8.77. The number of halogens is 2. The number of H-pyrrole nitrogens is 1. The number of aromatic nitrogens is 2. The van der Waals surface area contributed by atoms with Crippen LogP contribution in [0.1, 0.15) is 32.4 Å². The van der Waals surface area contributed by atoms with Crippen LogP contribution in [0.2, 0.25) is 0 Å². The van der Waals surface area contributed by atoms with Gasteiger partial charge in [0.2, 0.25) is 5.91 Å². The fourth-order valence-corrected chi connectivity index (χ4v) is 3.00. The summed E-state index contributed by atoms with van der Waals surface area (Å²) >= 11 is 0. The number of fused-ring (bicyclic) bond motifs is 1. The second-order valence-corrected chi connectivity index (χ2v) is 6.95. The molecular weight excluding hydrogens is 350 g/mol. The molecule has 0 saturated carbocycles. The number of carbonyl (C=O) groups excluding carboxylic acids is 1. The van der Waals surface area contributed by atoms with Crippen LogP contribution in [0.3, 0.4) is 0 Å². The zero-order chi connectivity index (χ0) is 19.6. The SMILES string of the molecule is CC(C)C[C@@H](N)C(=O)Nc1ccc(-c2ccnc3[nH]c(C(F)F)cc23)cc1. The van der Waals surface area contributed by atoms with Crippen molar-refractivity contribution in [2.24, 2.45) is 11.7 Å². The number of rotatable bonds is 6. The number of pyridine rings is 1. The van der Waals surface area contributed by atoms with E-state index in [2.05, 4.69) is 15.3 Å². The largest absolute Gasteiger partial charge is 0.338 e. The van der Waals surface area contributed by atoms with E-state index >= 15 is 0 Å². The number of alkyl halides is 2. The molecule has 142 valence electrons. The number of nitrogens with two attached hydrogens (primary N) is 1. The summed E-state index contributed by atoms with van der Waals surface area (Å²) in [5.74, 6) is 0.108. The van der Waals surface area contributed by atoms with E-state index in [-0.39, 0.29) is 11.6 Å². The van der Waals surface area contributed by atoms with E-state index in [0.29, 0.717) is 29.1 Å². The average molecular weight is 372 g/mol. The molecule has 1 aromatic carbocycles. The Bertz CT molecular complexity index is 935. The smallest absolute Gasteiger partial charge is 0.278 e. The van der Waals surface area contributed by atoms with Gasteiger partial charge in [0.1, 0.15) is 5.65 Å². The van der Waals surface area contributed by atoms with Gasteiger partial charge in [-0.25, -0.2) is 13.8 Å². The minimum absolute atomic E-state index is 0.159. The van der Waals surface area contributed by atoms with Gasteiger partial charge in [0.05, 0.1) is 11.7 Å². The van der Waals surface area contributed by atoms with Crippen molar-refractivity contribution >= 4 is 22.6 Å². The van der Waals surface area contributed by atoms with Crippen molar-refractivity contribution in [1.29, 1.82) is 0 Å². The normalized spacial score (nSPS) is 12.7. The van der Waals surface area contributed by atoms with Gasteiger partial charge in [0, 0.05) is 17.3 Å². The number of anilines is 1. The van der Waals surface area contributed by atoms with E-state index in [0.717, 1.165) is 11.1 Å². The maximum Gasteiger partial charge on any atom is 0.278 e. The molecule has 3 rings (SSSR count). The summed E-state index contributed by atoms with van der Waals surface area (Å²) in [6, 6.07) is 9.82. The summed E-state index contributed by atoms with van der Waals surface area (Å²) in [6.07, 6.45) is -0.400. The molecule has 0 unspecified atom stereocenters. The van der Waals surface area contributed by atoms with E-state index < -0.39 is 12.5 Å². The summed E-state index contributed by atoms with van der Waals surface area (Å²) < 4.78 is 25.9. The van der Waals surface area contributed by atoms with Crippen LogP contribution in [0, 0.1) is 5.92 Å². The van der Waals surface area contributed by atoms with Gasteiger partial charge in [-0.2, -0.15) is 0 Å². The third-order valence-electron chi connectivity index (χ3n) is 4.31. The molecule has 0 radical (unpaired) electrons. The van der Waals surface area contributed by atoms with Crippen LogP contribution >= 0.6 is 0 Å². The van der Waals surface area contributed by atoms with Gasteiger partial charge in [-0.3, -0.25) is 4.79 Å². The van der Waals surface area contributed by atoms with Crippen LogP contribution in [-0.4, -0.2) is 21.9 Å². The Morgan fingerprint density at radius 3 is 2.56 bits per heavy atom. The van der Waals surface area contributed by atoms with Gasteiger partial charge in [0.25, 0.3) is 6.43 Å². The molecule has 1 atom stereocenters. The summed E-state index contributed by atoms with van der Waals surface area (Å²) in [5.41, 5.74) is 8.41. The first-order valence-corrected chi connectivity index (χ1v) is 8.77. The highest BCUT2D eigenvalue weighted by Crippen LogP contribution is 2.31. The fourth-order valence-electron chi connectivity index (χ4n) is 3.00. The summed E-state index contributed by atoms with van der Waals surface area (Å²) in [6.45, 7) is 4.02. The van der Waals surface area contributed by atoms with Crippen molar-refractivity contribution in [1.82, 2.24) is 9.97 Å². The van der Waals surface area contributed by atoms with Crippen molar-refractivity contribution in [3.05, 3.63) is 48.3 Å². The zero-order valence-electron chi connectivity index (χ0n) is 15.2. The van der Waals surface area contributed by atoms with Crippen LogP contribution in [-0.2, 0) is 4.79 Å². The zero-order valence-corrected chi connectivity index (χ0v) is 15.2. The van der Waals surface area contributed by atoms with Crippen molar-refractivity contribution in [2.45, 2.75) is 32.7 Å². The summed E-state index contributed by atoms with van der Waals surface area (Å²) in [4.78, 5) is 18.9. The second kappa shape index (κ2) is 7.84. The van der Waals surface area contributed by atoms with Gasteiger partial charge >= 0.3 is 0 Å². The van der Waals surface area contributed by atoms with Crippen LogP contribution < -0.4 is 11.1 Å². The third-order valence-corrected chi connectivity index (χ3v) is 4.31. The fraction of sp³-hybridized carbons (Fsp3) is 0.300. The molecule has 0 aliphatic carbocycles. The predicted octanol–water partition coefficient (Wildman–Crippen LogP) is 4.48. The first-order chi connectivity index (χ1) is 12.8. The van der Waals surface area contributed by atoms with Gasteiger partial charge in [-0.15, -0.1) is 0 Å². The van der Waals surface area contributed by atoms with Gasteiger partial charge in [-0.05, 0) is 47.7 Å². The number of nitrogens with zero attached hydrogens (tertiary/aromatic N) is 1. The molecule has 7 heteroatoms. The Labute approximate surface area is 156 Å². The van der Waals surface area contributed by atoms with Gasteiger partial charge in [-0.1, -0.05) is 26.0 Å². The highest BCUT2D eigenvalue weighted by atomic mass is 19.3. The van der Waals surface area contributed by atoms with E-state index in [4.69, 9.17) is 5.73 Å². The molecule has 2 aromatic heterocycles. The number of hydrogen-bond donors (Lipinski definition) is 3. The molecule has 4 N–H and O–H groups in total. The number of nitrogens with one attached hydrogen (secondary N) is 2. The second-order valence-electron chi connectivity index (χ2n) is 6.95. The Morgan fingerprint density at radius 2 is 1.93 bits per heavy atom. The van der Waals surface area contributed by atoms with Crippen LogP contribution in [0.4, 0.5) is 14.5 Å². The average Bonchev–Trinajstić information content (AvgIpc) is 3.06. The number of benzene rings is 1. The third kappa shape index (κ3) is 4.31. The topological polar surface area (TPSA) is 83.8 Å². The van der Waals surface area contributed by atoms with Crippen LogP contribution in [0.25, 0.3) is 22.2 Å². The number of hydrogen-bond acceptors (Lipinski definition) is 3. The Balaban J connectivity index is 1.81. The Morgan fingerprint density at radius 1 is 1.22 bits per heavy atom. The molecule has 5 nitrogen and oxygen atoms in total. The molecular formula is C20H22F2N4O. The lowest BCUT2D eigenvalue weighted by Crippen LogP contribution is -2.36. The molecule has 1 amide bonds. The molecule has 2 heterocycles. The molecule has 0 aliphatic rings. The molecule has 0 bridgehead atoms. The van der Waals surface area contributed by atoms with Gasteiger partial charge in [0.15, 0.2) is 0 Å². The molecule has 27 heavy (non-hydrogen) atoms. The standard InChI is InChI=1S/C20H22F2N4O/c1-11(2)9-16(23)20(27)25-13-5-3-12(4-6-13)14-7-8-24-19-15(14)10-17(26-19)18(21)22/h3-8,10-11,16,18H,9,23H2,1-2H3,(H,24,26)(H,25,27)/t16-/m1/s1. The predicted molar refractivity (Wildman–Crippen MR) is 103 cm³/mol. The van der Waals surface area contributed by atoms with Crippen LogP contribution in [0.5, 0.6) is 0 Å². The van der Waals surface area contributed by atoms with Crippen molar-refractivity contribution < 1.29 is 13.6 Å². The highest BCUT2D eigenvalue weighted by Gasteiger charge is 2.16. The lowest BCUT2D eigenvalue weighted by atomic mass is 10.0. The molecule has 0 fully saturated rings. The molecule has 0 saturated heterocycles. The summed E-state index contributed by atoms with van der Waals surface area (Å²) in [7, 11) is 0. The number of amides is 1.